The number of furan rings is 1. The van der Waals surface area contributed by atoms with Gasteiger partial charge in [-0.15, -0.1) is 0 Å². The van der Waals surface area contributed by atoms with Gasteiger partial charge in [0.15, 0.2) is 0 Å². The predicted octanol–water partition coefficient (Wildman–Crippen LogP) is 3.23. The van der Waals surface area contributed by atoms with E-state index in [9.17, 15) is 22.8 Å². The number of aromatic nitrogens is 2. The Labute approximate surface area is 151 Å². The maximum atomic E-state index is 13.2. The second-order valence-corrected chi connectivity index (χ2v) is 6.07. The number of benzene rings is 1. The number of carbonyl (C=O) groups is 1. The highest BCUT2D eigenvalue weighted by atomic mass is 19.4. The van der Waals surface area contributed by atoms with Crippen LogP contribution in [0.1, 0.15) is 24.4 Å². The molecule has 1 aromatic carbocycles. The zero-order valence-electron chi connectivity index (χ0n) is 14.5. The summed E-state index contributed by atoms with van der Waals surface area (Å²) < 4.78 is 45.8. The van der Waals surface area contributed by atoms with Crippen molar-refractivity contribution < 1.29 is 22.4 Å². The van der Waals surface area contributed by atoms with E-state index in [1.165, 1.54) is 43.3 Å². The molecule has 0 bridgehead atoms. The van der Waals surface area contributed by atoms with Crippen LogP contribution >= 0.6 is 0 Å². The van der Waals surface area contributed by atoms with Gasteiger partial charge >= 0.3 is 6.18 Å². The van der Waals surface area contributed by atoms with Crippen molar-refractivity contribution >= 4 is 16.9 Å². The smallest absolute Gasteiger partial charge is 0.438 e. The van der Waals surface area contributed by atoms with Gasteiger partial charge in [-0.25, -0.2) is 4.98 Å². The van der Waals surface area contributed by atoms with E-state index in [1.54, 1.807) is 18.2 Å². The first-order valence-electron chi connectivity index (χ1n) is 8.06. The van der Waals surface area contributed by atoms with Gasteiger partial charge in [0, 0.05) is 7.05 Å². The van der Waals surface area contributed by atoms with Crippen LogP contribution in [0, 0.1) is 0 Å². The number of halogens is 3. The van der Waals surface area contributed by atoms with Gasteiger partial charge in [-0.1, -0.05) is 12.1 Å². The molecule has 1 unspecified atom stereocenters. The lowest BCUT2D eigenvalue weighted by Gasteiger charge is -2.24. The van der Waals surface area contributed by atoms with Crippen LogP contribution in [0.2, 0.25) is 0 Å². The number of amides is 1. The first-order chi connectivity index (χ1) is 12.7. The minimum absolute atomic E-state index is 0.0160. The number of alkyl halides is 3. The molecule has 27 heavy (non-hydrogen) atoms. The largest absolute Gasteiger partial charge is 0.467 e. The molecule has 0 aliphatic rings. The highest BCUT2D eigenvalue weighted by molar-refractivity contribution is 5.83. The van der Waals surface area contributed by atoms with E-state index in [-0.39, 0.29) is 17.6 Å². The van der Waals surface area contributed by atoms with Gasteiger partial charge < -0.3 is 9.32 Å². The predicted molar refractivity (Wildman–Crippen MR) is 90.9 cm³/mol. The molecule has 0 aliphatic heterocycles. The third-order valence-electron chi connectivity index (χ3n) is 4.16. The van der Waals surface area contributed by atoms with Gasteiger partial charge in [0.05, 0.1) is 23.8 Å². The van der Waals surface area contributed by atoms with Crippen molar-refractivity contribution in [1.29, 1.82) is 0 Å². The van der Waals surface area contributed by atoms with Gasteiger partial charge in [0.25, 0.3) is 5.56 Å². The fraction of sp³-hybridized carbons (Fsp3) is 0.278. The van der Waals surface area contributed by atoms with Crippen LogP contribution < -0.4 is 5.56 Å². The summed E-state index contributed by atoms with van der Waals surface area (Å²) in [6, 6.07) is 8.07. The maximum Gasteiger partial charge on any atom is 0.438 e. The second kappa shape index (κ2) is 6.90. The van der Waals surface area contributed by atoms with Crippen LogP contribution in [0.5, 0.6) is 0 Å². The number of hydrogen-bond acceptors (Lipinski definition) is 4. The Morgan fingerprint density at radius 1 is 1.26 bits per heavy atom. The topological polar surface area (TPSA) is 68.3 Å². The molecule has 0 radical (unpaired) electrons. The van der Waals surface area contributed by atoms with Gasteiger partial charge in [-0.3, -0.25) is 14.2 Å². The van der Waals surface area contributed by atoms with E-state index >= 15 is 0 Å². The van der Waals surface area contributed by atoms with Gasteiger partial charge in [-0.05, 0) is 31.2 Å². The van der Waals surface area contributed by atoms with Crippen molar-refractivity contribution in [2.24, 2.45) is 0 Å². The molecule has 0 saturated carbocycles. The number of carbonyl (C=O) groups excluding carboxylic acids is 1. The number of likely N-dealkylation sites (N-methyl/N-ethyl adjacent to an activating group) is 1. The number of hydrogen-bond donors (Lipinski definition) is 0. The molecular formula is C18H16F3N3O3. The first-order valence-corrected chi connectivity index (χ1v) is 8.06. The molecule has 3 aromatic rings. The molecule has 2 heterocycles. The summed E-state index contributed by atoms with van der Waals surface area (Å²) >= 11 is 0. The molecule has 0 fully saturated rings. The molecule has 6 nitrogen and oxygen atoms in total. The fourth-order valence-corrected chi connectivity index (χ4v) is 2.87. The molecular weight excluding hydrogens is 363 g/mol. The lowest BCUT2D eigenvalue weighted by atomic mass is 10.2. The normalized spacial score (nSPS) is 12.9. The minimum Gasteiger partial charge on any atom is -0.467 e. The summed E-state index contributed by atoms with van der Waals surface area (Å²) in [6.45, 7) is 1.51. The van der Waals surface area contributed by atoms with E-state index in [0.29, 0.717) is 5.76 Å². The molecule has 0 N–H and O–H groups in total. The van der Waals surface area contributed by atoms with Gasteiger partial charge in [-0.2, -0.15) is 13.2 Å². The monoisotopic (exact) mass is 379 g/mol. The number of para-hydroxylation sites is 2. The van der Waals surface area contributed by atoms with Gasteiger partial charge in [0.1, 0.15) is 11.8 Å². The Morgan fingerprint density at radius 2 is 1.96 bits per heavy atom. The molecule has 1 amide bonds. The average Bonchev–Trinajstić information content (AvgIpc) is 3.12. The summed E-state index contributed by atoms with van der Waals surface area (Å²) in [5.41, 5.74) is -2.76. The Kier molecular flexibility index (Phi) is 4.77. The highest BCUT2D eigenvalue weighted by Crippen LogP contribution is 2.27. The molecule has 0 spiro atoms. The standard InChI is InChI=1S/C18H16F3N3O3/c1-11(16(25)23(2)10-12-6-5-9-27-12)24-14-8-4-3-7-13(14)22-15(17(24)26)18(19,20)21/h3-9,11H,10H2,1-2H3. The van der Waals surface area contributed by atoms with Crippen molar-refractivity contribution in [3.63, 3.8) is 0 Å². The summed E-state index contributed by atoms with van der Waals surface area (Å²) in [7, 11) is 1.49. The Hall–Kier alpha value is -3.10. The zero-order valence-corrected chi connectivity index (χ0v) is 14.5. The molecule has 3 rings (SSSR count). The number of nitrogens with zero attached hydrogens (tertiary/aromatic N) is 3. The fourth-order valence-electron chi connectivity index (χ4n) is 2.87. The lowest BCUT2D eigenvalue weighted by molar-refractivity contribution is -0.143. The van der Waals surface area contributed by atoms with Crippen molar-refractivity contribution in [1.82, 2.24) is 14.5 Å². The summed E-state index contributed by atoms with van der Waals surface area (Å²) in [6.07, 6.45) is -3.47. The molecule has 1 atom stereocenters. The first kappa shape index (κ1) is 18.7. The molecule has 142 valence electrons. The minimum atomic E-state index is -4.92. The summed E-state index contributed by atoms with van der Waals surface area (Å²) in [5, 5.41) is 0. The number of rotatable bonds is 4. The Morgan fingerprint density at radius 3 is 2.59 bits per heavy atom. The van der Waals surface area contributed by atoms with Crippen LogP contribution in [0.25, 0.3) is 11.0 Å². The van der Waals surface area contributed by atoms with Crippen LogP contribution in [-0.2, 0) is 17.5 Å². The molecule has 0 saturated heterocycles. The quantitative estimate of drug-likeness (QED) is 0.698. The lowest BCUT2D eigenvalue weighted by Crippen LogP contribution is -2.39. The van der Waals surface area contributed by atoms with E-state index in [0.717, 1.165) is 4.57 Å². The van der Waals surface area contributed by atoms with Crippen LogP contribution in [0.3, 0.4) is 0 Å². The molecule has 2 aromatic heterocycles. The Balaban J connectivity index is 2.07. The van der Waals surface area contributed by atoms with Gasteiger partial charge in [0.2, 0.25) is 11.6 Å². The van der Waals surface area contributed by atoms with Crippen molar-refractivity contribution in [2.45, 2.75) is 25.7 Å². The van der Waals surface area contributed by atoms with E-state index in [4.69, 9.17) is 4.42 Å². The maximum absolute atomic E-state index is 13.2. The molecule has 0 aliphatic carbocycles. The SMILES string of the molecule is CC(C(=O)N(C)Cc1ccco1)n1c(=O)c(C(F)(F)F)nc2ccccc21. The highest BCUT2D eigenvalue weighted by Gasteiger charge is 2.38. The van der Waals surface area contributed by atoms with Crippen molar-refractivity contribution in [3.8, 4) is 0 Å². The van der Waals surface area contributed by atoms with E-state index in [2.05, 4.69) is 4.98 Å². The van der Waals surface area contributed by atoms with Crippen molar-refractivity contribution in [3.05, 3.63) is 64.5 Å². The number of fused-ring (bicyclic) bond motifs is 1. The van der Waals surface area contributed by atoms with E-state index < -0.39 is 29.4 Å². The molecule has 9 heteroatoms. The zero-order chi connectivity index (χ0) is 19.8. The Bertz CT molecular complexity index is 1030. The third-order valence-corrected chi connectivity index (χ3v) is 4.16. The summed E-state index contributed by atoms with van der Waals surface area (Å²) in [5.74, 6) is -0.0149. The van der Waals surface area contributed by atoms with Crippen LogP contribution in [-0.4, -0.2) is 27.4 Å². The van der Waals surface area contributed by atoms with Crippen LogP contribution in [0.4, 0.5) is 13.2 Å². The van der Waals surface area contributed by atoms with Crippen LogP contribution in [0.15, 0.2) is 51.9 Å². The average molecular weight is 379 g/mol. The summed E-state index contributed by atoms with van der Waals surface area (Å²) in [4.78, 5) is 30.0. The third kappa shape index (κ3) is 3.57. The second-order valence-electron chi connectivity index (χ2n) is 6.07. The van der Waals surface area contributed by atoms with Crippen molar-refractivity contribution in [2.75, 3.05) is 7.05 Å². The van der Waals surface area contributed by atoms with E-state index in [1.807, 2.05) is 0 Å².